The van der Waals surface area contributed by atoms with Gasteiger partial charge in [0.05, 0.1) is 21.7 Å². The van der Waals surface area contributed by atoms with Crippen molar-refractivity contribution in [2.75, 3.05) is 26.4 Å². The highest BCUT2D eigenvalue weighted by Gasteiger charge is 2.80. The third-order valence-electron chi connectivity index (χ3n) is 20.1. The molecule has 0 amide bonds. The normalized spacial score (nSPS) is 45.5. The number of esters is 4. The summed E-state index contributed by atoms with van der Waals surface area (Å²) in [7, 11) is 0. The zero-order chi connectivity index (χ0) is 41.6. The Hall–Kier alpha value is -2.12. The van der Waals surface area contributed by atoms with Crippen molar-refractivity contribution in [2.24, 2.45) is 96.1 Å². The van der Waals surface area contributed by atoms with Crippen LogP contribution in [-0.4, -0.2) is 50.3 Å². The van der Waals surface area contributed by atoms with Crippen LogP contribution in [0.3, 0.4) is 0 Å². The highest BCUT2D eigenvalue weighted by Crippen LogP contribution is 2.79. The second-order valence-corrected chi connectivity index (χ2v) is 24.3. The smallest absolute Gasteiger partial charge is 0.312 e. The standard InChI is InChI=1S/C49H76O8/c1-29-13-17-33-41(5,6)46(33,21-29)37(50)54-25-45(26-55-38(51)47-22-30(2)14-18-34(47)42(47,7)8,27-56-39(52)48-23-31(3)15-19-35(48)43(48,9)10)28-57-40(53)49-24-32(4)16-20-36(49)44(49,11)12/h29-36H,13-28H2,1-12H3. The van der Waals surface area contributed by atoms with Gasteiger partial charge in [-0.05, 0) is 120 Å². The Morgan fingerprint density at radius 2 is 0.579 bits per heavy atom. The average molecular weight is 793 g/mol. The van der Waals surface area contributed by atoms with Crippen LogP contribution < -0.4 is 0 Å². The van der Waals surface area contributed by atoms with Gasteiger partial charge in [-0.15, -0.1) is 0 Å². The van der Waals surface area contributed by atoms with Crippen molar-refractivity contribution >= 4 is 23.9 Å². The van der Waals surface area contributed by atoms with E-state index in [0.29, 0.717) is 23.7 Å². The van der Waals surface area contributed by atoms with Crippen molar-refractivity contribution < 1.29 is 38.1 Å². The highest BCUT2D eigenvalue weighted by molar-refractivity contribution is 5.85. The van der Waals surface area contributed by atoms with E-state index >= 15 is 0 Å². The zero-order valence-electron chi connectivity index (χ0n) is 37.7. The minimum atomic E-state index is -1.27. The molecule has 8 aliphatic carbocycles. The van der Waals surface area contributed by atoms with Gasteiger partial charge in [-0.1, -0.05) is 109 Å². The molecule has 0 heterocycles. The SMILES string of the molecule is CC1CCC2C(C)(C)C2(C(=O)OCC(COC(=O)C23CC(C)CCC2C3(C)C)(COC(=O)C23CC(C)CCC2C3(C)C)COC(=O)C23CC(C)CCC2C3(C)C)C1. The lowest BCUT2D eigenvalue weighted by Gasteiger charge is -2.36. The Morgan fingerprint density at radius 3 is 0.772 bits per heavy atom. The molecule has 8 heteroatoms. The van der Waals surface area contributed by atoms with E-state index in [2.05, 4.69) is 83.1 Å². The molecule has 12 unspecified atom stereocenters. The zero-order valence-corrected chi connectivity index (χ0v) is 37.7. The molecule has 0 N–H and O–H groups in total. The molecule has 8 nitrogen and oxygen atoms in total. The van der Waals surface area contributed by atoms with E-state index in [4.69, 9.17) is 18.9 Å². The largest absolute Gasteiger partial charge is 0.464 e. The van der Waals surface area contributed by atoms with Gasteiger partial charge in [-0.3, -0.25) is 19.2 Å². The molecule has 0 aromatic heterocycles. The summed E-state index contributed by atoms with van der Waals surface area (Å²) >= 11 is 0. The number of carbonyl (C=O) groups is 4. The molecular weight excluding hydrogens is 717 g/mol. The number of rotatable bonds is 12. The number of carbonyl (C=O) groups excluding carboxylic acids is 4. The molecule has 8 fully saturated rings. The molecule has 8 aliphatic rings. The van der Waals surface area contributed by atoms with Gasteiger partial charge in [0.15, 0.2) is 0 Å². The van der Waals surface area contributed by atoms with Crippen molar-refractivity contribution in [3.8, 4) is 0 Å². The predicted molar refractivity (Wildman–Crippen MR) is 217 cm³/mol. The Bertz CT molecular complexity index is 1440. The van der Waals surface area contributed by atoms with Gasteiger partial charge < -0.3 is 18.9 Å². The first-order valence-electron chi connectivity index (χ1n) is 23.1. The van der Waals surface area contributed by atoms with Crippen LogP contribution in [0.15, 0.2) is 0 Å². The monoisotopic (exact) mass is 793 g/mol. The first-order valence-corrected chi connectivity index (χ1v) is 23.1. The van der Waals surface area contributed by atoms with Crippen LogP contribution in [0, 0.1) is 96.1 Å². The highest BCUT2D eigenvalue weighted by atomic mass is 16.6. The van der Waals surface area contributed by atoms with E-state index < -0.39 is 27.1 Å². The third kappa shape index (κ3) is 5.53. The lowest BCUT2D eigenvalue weighted by Crippen LogP contribution is -2.47. The molecule has 0 aromatic carbocycles. The topological polar surface area (TPSA) is 105 Å². The molecular formula is C49H76O8. The van der Waals surface area contributed by atoms with E-state index in [1.165, 1.54) is 0 Å². The molecule has 57 heavy (non-hydrogen) atoms. The fourth-order valence-corrected chi connectivity index (χ4v) is 15.9. The van der Waals surface area contributed by atoms with Crippen molar-refractivity contribution in [2.45, 2.75) is 160 Å². The lowest BCUT2D eigenvalue weighted by atomic mass is 9.80. The van der Waals surface area contributed by atoms with E-state index in [1.807, 2.05) is 0 Å². The minimum absolute atomic E-state index is 0.165. The first-order chi connectivity index (χ1) is 26.4. The maximum absolute atomic E-state index is 14.5. The summed E-state index contributed by atoms with van der Waals surface area (Å²) in [4.78, 5) is 58.1. The molecule has 12 atom stereocenters. The van der Waals surface area contributed by atoms with Crippen molar-refractivity contribution in [1.29, 1.82) is 0 Å². The maximum Gasteiger partial charge on any atom is 0.312 e. The minimum Gasteiger partial charge on any atom is -0.464 e. The van der Waals surface area contributed by atoms with Gasteiger partial charge >= 0.3 is 23.9 Å². The fraction of sp³-hybridized carbons (Fsp3) is 0.918. The molecule has 8 saturated carbocycles. The molecule has 0 aliphatic heterocycles. The number of hydrogen-bond donors (Lipinski definition) is 0. The molecule has 0 aromatic rings. The Morgan fingerprint density at radius 1 is 0.386 bits per heavy atom. The molecule has 0 saturated heterocycles. The van der Waals surface area contributed by atoms with Crippen LogP contribution in [0.25, 0.3) is 0 Å². The number of ether oxygens (including phenoxy) is 4. The number of hydrogen-bond acceptors (Lipinski definition) is 8. The van der Waals surface area contributed by atoms with Crippen molar-refractivity contribution in [3.63, 3.8) is 0 Å². The Labute approximate surface area is 343 Å². The van der Waals surface area contributed by atoms with Crippen LogP contribution in [0.5, 0.6) is 0 Å². The van der Waals surface area contributed by atoms with Gasteiger partial charge in [0.1, 0.15) is 31.8 Å². The van der Waals surface area contributed by atoms with Crippen molar-refractivity contribution in [3.05, 3.63) is 0 Å². The second kappa shape index (κ2) is 12.9. The quantitative estimate of drug-likeness (QED) is 0.142. The van der Waals surface area contributed by atoms with Gasteiger partial charge in [0, 0.05) is 0 Å². The summed E-state index contributed by atoms with van der Waals surface area (Å²) in [5, 5.41) is 0. The Balaban J connectivity index is 1.10. The predicted octanol–water partition coefficient (Wildman–Crippen LogP) is 10.00. The molecule has 0 bridgehead atoms. The van der Waals surface area contributed by atoms with Gasteiger partial charge in [-0.2, -0.15) is 0 Å². The maximum atomic E-state index is 14.5. The summed E-state index contributed by atoms with van der Waals surface area (Å²) in [6.45, 7) is 25.7. The lowest BCUT2D eigenvalue weighted by molar-refractivity contribution is -0.181. The van der Waals surface area contributed by atoms with Gasteiger partial charge in [-0.25, -0.2) is 0 Å². The molecule has 320 valence electrons. The Kier molecular flexibility index (Phi) is 9.45. The fourth-order valence-electron chi connectivity index (χ4n) is 15.9. The molecule has 8 rings (SSSR count). The summed E-state index contributed by atoms with van der Waals surface area (Å²) in [6, 6.07) is 0. The summed E-state index contributed by atoms with van der Waals surface area (Å²) in [5.74, 6) is 1.73. The average Bonchev–Trinajstić information content (AvgIpc) is 4.07. The third-order valence-corrected chi connectivity index (χ3v) is 20.1. The summed E-state index contributed by atoms with van der Waals surface area (Å²) in [6.07, 6.45) is 11.5. The van der Waals surface area contributed by atoms with E-state index in [0.717, 1.165) is 77.0 Å². The van der Waals surface area contributed by atoms with Crippen molar-refractivity contribution in [1.82, 2.24) is 0 Å². The van der Waals surface area contributed by atoms with Crippen LogP contribution >= 0.6 is 0 Å². The second-order valence-electron chi connectivity index (χ2n) is 24.3. The summed E-state index contributed by atoms with van der Waals surface area (Å²) < 4.78 is 25.9. The van der Waals surface area contributed by atoms with Crippen LogP contribution in [0.1, 0.15) is 160 Å². The first kappa shape index (κ1) is 41.6. The van der Waals surface area contributed by atoms with E-state index in [1.54, 1.807) is 0 Å². The van der Waals surface area contributed by atoms with Crippen LogP contribution in [0.2, 0.25) is 0 Å². The van der Waals surface area contributed by atoms with Gasteiger partial charge in [0.2, 0.25) is 0 Å². The molecule has 0 spiro atoms. The van der Waals surface area contributed by atoms with Crippen LogP contribution in [-0.2, 0) is 38.1 Å². The van der Waals surface area contributed by atoms with E-state index in [-0.39, 0.29) is 95.6 Å². The van der Waals surface area contributed by atoms with E-state index in [9.17, 15) is 19.2 Å². The number of fused-ring (bicyclic) bond motifs is 4. The van der Waals surface area contributed by atoms with Gasteiger partial charge in [0.25, 0.3) is 0 Å². The molecule has 0 radical (unpaired) electrons. The summed E-state index contributed by atoms with van der Waals surface area (Å²) in [5.41, 5.74) is -4.30. The van der Waals surface area contributed by atoms with Crippen LogP contribution in [0.4, 0.5) is 0 Å².